The Morgan fingerprint density at radius 2 is 2.11 bits per heavy atom. The Morgan fingerprint density at radius 3 is 2.72 bits per heavy atom. The van der Waals surface area contributed by atoms with E-state index in [-0.39, 0.29) is 24.3 Å². The van der Waals surface area contributed by atoms with Gasteiger partial charge in [-0.3, -0.25) is 4.79 Å². The van der Waals surface area contributed by atoms with Crippen molar-refractivity contribution in [1.29, 1.82) is 0 Å². The van der Waals surface area contributed by atoms with Crippen molar-refractivity contribution in [2.45, 2.75) is 31.1 Å². The van der Waals surface area contributed by atoms with E-state index in [1.54, 1.807) is 12.1 Å². The summed E-state index contributed by atoms with van der Waals surface area (Å²) < 4.78 is 26.2. The summed E-state index contributed by atoms with van der Waals surface area (Å²) in [6.45, 7) is 2.08. The van der Waals surface area contributed by atoms with Crippen LogP contribution in [0.2, 0.25) is 0 Å². The second-order valence-corrected chi connectivity index (χ2v) is 5.66. The maximum absolute atomic E-state index is 11.9. The Labute approximate surface area is 107 Å². The molecule has 0 aliphatic carbocycles. The van der Waals surface area contributed by atoms with Crippen LogP contribution in [0.25, 0.3) is 0 Å². The number of carboxylic acid groups (broad SMARTS) is 1. The van der Waals surface area contributed by atoms with Gasteiger partial charge >= 0.3 is 5.97 Å². The summed E-state index contributed by atoms with van der Waals surface area (Å²) in [5.74, 6) is -0.929. The molecule has 0 unspecified atom stereocenters. The normalized spacial score (nSPS) is 11.4. The van der Waals surface area contributed by atoms with Gasteiger partial charge in [0.2, 0.25) is 10.0 Å². The number of sulfonamides is 1. The highest BCUT2D eigenvalue weighted by Gasteiger charge is 2.13. The minimum Gasteiger partial charge on any atom is -0.481 e. The van der Waals surface area contributed by atoms with E-state index in [4.69, 9.17) is 5.11 Å². The first-order valence-corrected chi connectivity index (χ1v) is 7.24. The summed E-state index contributed by atoms with van der Waals surface area (Å²) in [5, 5.41) is 8.45. The predicted octanol–water partition coefficient (Wildman–Crippen LogP) is 1.39. The average molecular weight is 271 g/mol. The second-order valence-electron chi connectivity index (χ2n) is 3.90. The lowest BCUT2D eigenvalue weighted by atomic mass is 10.2. The van der Waals surface area contributed by atoms with Gasteiger partial charge in [-0.05, 0) is 30.5 Å². The number of carboxylic acids is 1. The molecule has 0 amide bonds. The standard InChI is InChI=1S/C12H17NO4S/c1-2-10-5-3-6-11(9-10)18(16,17)13-8-4-7-12(14)15/h3,5-6,9,13H,2,4,7-8H2,1H3,(H,14,15). The van der Waals surface area contributed by atoms with Crippen LogP contribution in [-0.4, -0.2) is 26.0 Å². The van der Waals surface area contributed by atoms with Crippen LogP contribution in [0.4, 0.5) is 0 Å². The molecule has 0 spiro atoms. The Kier molecular flexibility index (Phi) is 5.30. The van der Waals surface area contributed by atoms with E-state index in [2.05, 4.69) is 4.72 Å². The second kappa shape index (κ2) is 6.51. The lowest BCUT2D eigenvalue weighted by Gasteiger charge is -2.07. The molecule has 0 fully saturated rings. The van der Waals surface area contributed by atoms with Crippen LogP contribution in [0.3, 0.4) is 0 Å². The molecule has 0 saturated carbocycles. The molecule has 2 N–H and O–H groups in total. The molecule has 1 aromatic carbocycles. The van der Waals surface area contributed by atoms with Gasteiger partial charge in [-0.2, -0.15) is 0 Å². The Hall–Kier alpha value is -1.40. The summed E-state index contributed by atoms with van der Waals surface area (Å²) in [6.07, 6.45) is 1.00. The van der Waals surface area contributed by atoms with Crippen LogP contribution >= 0.6 is 0 Å². The monoisotopic (exact) mass is 271 g/mol. The van der Waals surface area contributed by atoms with E-state index in [1.807, 2.05) is 13.0 Å². The molecule has 5 nitrogen and oxygen atoms in total. The largest absolute Gasteiger partial charge is 0.481 e. The first-order chi connectivity index (χ1) is 8.45. The zero-order valence-corrected chi connectivity index (χ0v) is 11.0. The Bertz CT molecular complexity index is 511. The highest BCUT2D eigenvalue weighted by atomic mass is 32.2. The third-order valence-corrected chi connectivity index (χ3v) is 3.94. The SMILES string of the molecule is CCc1cccc(S(=O)(=O)NCCCC(=O)O)c1. The quantitative estimate of drug-likeness (QED) is 0.734. The topological polar surface area (TPSA) is 83.5 Å². The number of hydrogen-bond donors (Lipinski definition) is 2. The molecule has 0 bridgehead atoms. The highest BCUT2D eigenvalue weighted by Crippen LogP contribution is 2.11. The van der Waals surface area contributed by atoms with Crippen molar-refractivity contribution in [1.82, 2.24) is 4.72 Å². The number of aryl methyl sites for hydroxylation is 1. The molecule has 0 aliphatic rings. The molecule has 100 valence electrons. The Balaban J connectivity index is 2.65. The van der Waals surface area contributed by atoms with E-state index >= 15 is 0 Å². The van der Waals surface area contributed by atoms with Gasteiger partial charge < -0.3 is 5.11 Å². The van der Waals surface area contributed by atoms with Gasteiger partial charge in [-0.25, -0.2) is 13.1 Å². The number of nitrogens with one attached hydrogen (secondary N) is 1. The van der Waals surface area contributed by atoms with Crippen LogP contribution in [-0.2, 0) is 21.2 Å². The molecule has 0 heterocycles. The van der Waals surface area contributed by atoms with Crippen LogP contribution < -0.4 is 4.72 Å². The van der Waals surface area contributed by atoms with Gasteiger partial charge in [0.05, 0.1) is 4.90 Å². The van der Waals surface area contributed by atoms with Crippen molar-refractivity contribution in [3.8, 4) is 0 Å². The number of benzene rings is 1. The number of hydrogen-bond acceptors (Lipinski definition) is 3. The third-order valence-electron chi connectivity index (χ3n) is 2.48. The minimum absolute atomic E-state index is 0.0441. The van der Waals surface area contributed by atoms with Crippen molar-refractivity contribution >= 4 is 16.0 Å². The minimum atomic E-state index is -3.53. The lowest BCUT2D eigenvalue weighted by Crippen LogP contribution is -2.25. The lowest BCUT2D eigenvalue weighted by molar-refractivity contribution is -0.137. The molecule has 0 saturated heterocycles. The molecule has 6 heteroatoms. The first kappa shape index (κ1) is 14.7. The van der Waals surface area contributed by atoms with Gasteiger partial charge in [0.1, 0.15) is 0 Å². The van der Waals surface area contributed by atoms with E-state index in [0.717, 1.165) is 12.0 Å². The fraction of sp³-hybridized carbons (Fsp3) is 0.417. The summed E-state index contributed by atoms with van der Waals surface area (Å²) in [5.41, 5.74) is 0.948. The number of aliphatic carboxylic acids is 1. The van der Waals surface area contributed by atoms with Crippen LogP contribution in [0.1, 0.15) is 25.3 Å². The molecular formula is C12H17NO4S. The van der Waals surface area contributed by atoms with Gasteiger partial charge in [-0.1, -0.05) is 19.1 Å². The third kappa shape index (κ3) is 4.46. The molecule has 0 aliphatic heterocycles. The van der Waals surface area contributed by atoms with Crippen molar-refractivity contribution in [3.63, 3.8) is 0 Å². The molecular weight excluding hydrogens is 254 g/mol. The summed E-state index contributed by atoms with van der Waals surface area (Å²) in [6, 6.07) is 6.71. The Morgan fingerprint density at radius 1 is 1.39 bits per heavy atom. The number of rotatable bonds is 7. The van der Waals surface area contributed by atoms with Gasteiger partial charge in [0.15, 0.2) is 0 Å². The zero-order chi connectivity index (χ0) is 13.6. The van der Waals surface area contributed by atoms with Crippen LogP contribution in [0.5, 0.6) is 0 Å². The fourth-order valence-corrected chi connectivity index (χ4v) is 2.61. The van der Waals surface area contributed by atoms with Crippen LogP contribution in [0, 0.1) is 0 Å². The summed E-state index contributed by atoms with van der Waals surface area (Å²) >= 11 is 0. The van der Waals surface area contributed by atoms with Crippen molar-refractivity contribution in [3.05, 3.63) is 29.8 Å². The van der Waals surface area contributed by atoms with E-state index in [9.17, 15) is 13.2 Å². The van der Waals surface area contributed by atoms with E-state index < -0.39 is 16.0 Å². The van der Waals surface area contributed by atoms with Gasteiger partial charge in [-0.15, -0.1) is 0 Å². The summed E-state index contributed by atoms with van der Waals surface area (Å²) in [4.78, 5) is 10.5. The molecule has 1 aromatic rings. The summed E-state index contributed by atoms with van der Waals surface area (Å²) in [7, 11) is -3.53. The molecule has 0 radical (unpaired) electrons. The van der Waals surface area contributed by atoms with Crippen molar-refractivity contribution < 1.29 is 18.3 Å². The smallest absolute Gasteiger partial charge is 0.303 e. The van der Waals surface area contributed by atoms with E-state index in [1.165, 1.54) is 6.07 Å². The first-order valence-electron chi connectivity index (χ1n) is 5.76. The maximum Gasteiger partial charge on any atom is 0.303 e. The van der Waals surface area contributed by atoms with Gasteiger partial charge in [0, 0.05) is 13.0 Å². The van der Waals surface area contributed by atoms with Crippen molar-refractivity contribution in [2.75, 3.05) is 6.54 Å². The fourth-order valence-electron chi connectivity index (χ4n) is 1.46. The molecule has 18 heavy (non-hydrogen) atoms. The molecule has 0 atom stereocenters. The van der Waals surface area contributed by atoms with Gasteiger partial charge in [0.25, 0.3) is 0 Å². The maximum atomic E-state index is 11.9. The molecule has 0 aromatic heterocycles. The number of carbonyl (C=O) groups is 1. The predicted molar refractivity (Wildman–Crippen MR) is 67.9 cm³/mol. The average Bonchev–Trinajstić information content (AvgIpc) is 2.34. The van der Waals surface area contributed by atoms with E-state index in [0.29, 0.717) is 0 Å². The highest BCUT2D eigenvalue weighted by molar-refractivity contribution is 7.89. The molecule has 1 rings (SSSR count). The van der Waals surface area contributed by atoms with Crippen molar-refractivity contribution in [2.24, 2.45) is 0 Å². The zero-order valence-electron chi connectivity index (χ0n) is 10.2. The van der Waals surface area contributed by atoms with Crippen LogP contribution in [0.15, 0.2) is 29.2 Å².